The standard InChI is InChI=1S/C26H27N3O3/c1-2-29-24-12-6-4-10-21(24)22(26(29)31)14-18-16-28(23-11-5-3-9-20(18)23)17-25(30)27-15-19-8-7-13-32-19/h3-6,9-12,14,16,19H,2,7-8,13,15,17H2,1H3,(H,27,30)/b22-14+/t19-/m0/s1. The summed E-state index contributed by atoms with van der Waals surface area (Å²) in [6, 6.07) is 15.9. The molecule has 6 heteroatoms. The highest BCUT2D eigenvalue weighted by molar-refractivity contribution is 6.36. The van der Waals surface area contributed by atoms with Crippen molar-refractivity contribution in [3.05, 3.63) is 65.9 Å². The van der Waals surface area contributed by atoms with Crippen molar-refractivity contribution in [2.24, 2.45) is 0 Å². The molecule has 3 aromatic rings. The number of carbonyl (C=O) groups excluding carboxylic acids is 2. The van der Waals surface area contributed by atoms with E-state index >= 15 is 0 Å². The quantitative estimate of drug-likeness (QED) is 0.606. The zero-order valence-corrected chi connectivity index (χ0v) is 18.2. The molecule has 164 valence electrons. The van der Waals surface area contributed by atoms with E-state index in [1.807, 2.05) is 72.3 Å². The number of hydrogen-bond acceptors (Lipinski definition) is 3. The third kappa shape index (κ3) is 3.71. The minimum absolute atomic E-state index is 0.0137. The van der Waals surface area contributed by atoms with Crippen LogP contribution in [0.2, 0.25) is 0 Å². The van der Waals surface area contributed by atoms with Crippen molar-refractivity contribution in [2.75, 3.05) is 24.6 Å². The van der Waals surface area contributed by atoms with E-state index in [1.165, 1.54) is 0 Å². The number of fused-ring (bicyclic) bond motifs is 2. The van der Waals surface area contributed by atoms with Gasteiger partial charge in [-0.25, -0.2) is 0 Å². The van der Waals surface area contributed by atoms with Gasteiger partial charge in [0.15, 0.2) is 0 Å². The number of anilines is 1. The summed E-state index contributed by atoms with van der Waals surface area (Å²) in [6.07, 6.45) is 6.09. The third-order valence-electron chi connectivity index (χ3n) is 6.26. The number of carbonyl (C=O) groups is 2. The first kappa shape index (κ1) is 20.5. The Balaban J connectivity index is 1.45. The Labute approximate surface area is 187 Å². The fourth-order valence-corrected chi connectivity index (χ4v) is 4.68. The Hall–Kier alpha value is -3.38. The van der Waals surface area contributed by atoms with Gasteiger partial charge in [-0.3, -0.25) is 9.59 Å². The van der Waals surface area contributed by atoms with E-state index in [4.69, 9.17) is 4.74 Å². The number of nitrogens with one attached hydrogen (secondary N) is 1. The molecule has 0 aliphatic carbocycles. The minimum atomic E-state index is -0.0418. The number of ether oxygens (including phenoxy) is 1. The van der Waals surface area contributed by atoms with Gasteiger partial charge < -0.3 is 19.5 Å². The van der Waals surface area contributed by atoms with Crippen molar-refractivity contribution in [2.45, 2.75) is 32.4 Å². The fourth-order valence-electron chi connectivity index (χ4n) is 4.68. The number of para-hydroxylation sites is 2. The molecule has 0 saturated carbocycles. The van der Waals surface area contributed by atoms with Crippen LogP contribution in [-0.4, -0.2) is 42.2 Å². The molecule has 1 aromatic heterocycles. The van der Waals surface area contributed by atoms with E-state index in [1.54, 1.807) is 4.90 Å². The van der Waals surface area contributed by atoms with Crippen LogP contribution in [0.3, 0.4) is 0 Å². The summed E-state index contributed by atoms with van der Waals surface area (Å²) in [7, 11) is 0. The first-order chi connectivity index (χ1) is 15.7. The van der Waals surface area contributed by atoms with Crippen LogP contribution in [0.15, 0.2) is 54.7 Å². The smallest absolute Gasteiger partial charge is 0.258 e. The van der Waals surface area contributed by atoms with Gasteiger partial charge in [0.2, 0.25) is 5.91 Å². The fraction of sp³-hybridized carbons (Fsp3) is 0.308. The molecule has 2 aromatic carbocycles. The predicted octanol–water partition coefficient (Wildman–Crippen LogP) is 3.84. The van der Waals surface area contributed by atoms with E-state index < -0.39 is 0 Å². The molecular formula is C26H27N3O3. The van der Waals surface area contributed by atoms with Crippen LogP contribution < -0.4 is 10.2 Å². The van der Waals surface area contributed by atoms with Crippen LogP contribution in [0.5, 0.6) is 0 Å². The van der Waals surface area contributed by atoms with Crippen LogP contribution >= 0.6 is 0 Å². The van der Waals surface area contributed by atoms with E-state index in [-0.39, 0.29) is 24.5 Å². The normalized spacial score (nSPS) is 19.2. The topological polar surface area (TPSA) is 63.6 Å². The molecule has 5 rings (SSSR count). The van der Waals surface area contributed by atoms with Gasteiger partial charge in [-0.2, -0.15) is 0 Å². The van der Waals surface area contributed by atoms with Crippen molar-refractivity contribution in [3.8, 4) is 0 Å². The summed E-state index contributed by atoms with van der Waals surface area (Å²) in [5.74, 6) is -0.0280. The van der Waals surface area contributed by atoms with Gasteiger partial charge in [0.25, 0.3) is 5.91 Å². The second-order valence-corrected chi connectivity index (χ2v) is 8.29. The highest BCUT2D eigenvalue weighted by atomic mass is 16.5. The molecule has 1 atom stereocenters. The monoisotopic (exact) mass is 429 g/mol. The molecule has 2 aliphatic heterocycles. The molecule has 1 fully saturated rings. The predicted molar refractivity (Wildman–Crippen MR) is 126 cm³/mol. The van der Waals surface area contributed by atoms with Gasteiger partial charge in [0.1, 0.15) is 6.54 Å². The van der Waals surface area contributed by atoms with Crippen LogP contribution in [0.4, 0.5) is 5.69 Å². The number of hydrogen-bond donors (Lipinski definition) is 1. The largest absolute Gasteiger partial charge is 0.376 e. The van der Waals surface area contributed by atoms with Crippen molar-refractivity contribution in [3.63, 3.8) is 0 Å². The van der Waals surface area contributed by atoms with E-state index in [0.29, 0.717) is 18.7 Å². The Kier molecular flexibility index (Phi) is 5.53. The zero-order valence-electron chi connectivity index (χ0n) is 18.2. The summed E-state index contributed by atoms with van der Waals surface area (Å²) in [6.45, 7) is 4.16. The highest BCUT2D eigenvalue weighted by Crippen LogP contribution is 2.38. The van der Waals surface area contributed by atoms with Crippen molar-refractivity contribution in [1.29, 1.82) is 0 Å². The molecular weight excluding hydrogens is 402 g/mol. The van der Waals surface area contributed by atoms with Crippen LogP contribution in [0.1, 0.15) is 30.9 Å². The first-order valence-corrected chi connectivity index (χ1v) is 11.2. The lowest BCUT2D eigenvalue weighted by atomic mass is 10.0. The Bertz CT molecular complexity index is 1200. The van der Waals surface area contributed by atoms with Crippen molar-refractivity contribution < 1.29 is 14.3 Å². The highest BCUT2D eigenvalue weighted by Gasteiger charge is 2.31. The van der Waals surface area contributed by atoms with Crippen molar-refractivity contribution in [1.82, 2.24) is 9.88 Å². The third-order valence-corrected chi connectivity index (χ3v) is 6.26. The summed E-state index contributed by atoms with van der Waals surface area (Å²) in [4.78, 5) is 27.5. The Morgan fingerprint density at radius 1 is 1.19 bits per heavy atom. The molecule has 6 nitrogen and oxygen atoms in total. The molecule has 3 heterocycles. The Morgan fingerprint density at radius 2 is 2.00 bits per heavy atom. The lowest BCUT2D eigenvalue weighted by Crippen LogP contribution is -2.34. The number of aromatic nitrogens is 1. The van der Waals surface area contributed by atoms with Gasteiger partial charge in [-0.1, -0.05) is 36.4 Å². The number of amides is 2. The first-order valence-electron chi connectivity index (χ1n) is 11.2. The second-order valence-electron chi connectivity index (χ2n) is 8.29. The SMILES string of the molecule is CCN1C(=O)/C(=C/c2cn(CC(=O)NC[C@@H]3CCCO3)c3ccccc23)c2ccccc21. The lowest BCUT2D eigenvalue weighted by Gasteiger charge is -2.13. The van der Waals surface area contributed by atoms with E-state index in [2.05, 4.69) is 5.32 Å². The molecule has 0 radical (unpaired) electrons. The average Bonchev–Trinajstić information content (AvgIpc) is 3.51. The lowest BCUT2D eigenvalue weighted by molar-refractivity contribution is -0.122. The molecule has 32 heavy (non-hydrogen) atoms. The number of likely N-dealkylation sites (N-methyl/N-ethyl adjacent to an activating group) is 1. The molecule has 1 N–H and O–H groups in total. The van der Waals surface area contributed by atoms with Crippen molar-refractivity contribution >= 4 is 40.1 Å². The summed E-state index contributed by atoms with van der Waals surface area (Å²) in [5.41, 5.74) is 4.49. The molecule has 0 unspecified atom stereocenters. The van der Waals surface area contributed by atoms with Gasteiger partial charge in [0.05, 0.1) is 11.8 Å². The molecule has 2 amide bonds. The minimum Gasteiger partial charge on any atom is -0.376 e. The van der Waals surface area contributed by atoms with Gasteiger partial charge in [0, 0.05) is 53.5 Å². The summed E-state index contributed by atoms with van der Waals surface area (Å²) in [5, 5.41) is 4.01. The van der Waals surface area contributed by atoms with Crippen LogP contribution in [0, 0.1) is 0 Å². The number of nitrogens with zero attached hydrogens (tertiary/aromatic N) is 2. The number of benzene rings is 2. The Morgan fingerprint density at radius 3 is 2.81 bits per heavy atom. The van der Waals surface area contributed by atoms with E-state index in [9.17, 15) is 9.59 Å². The van der Waals surface area contributed by atoms with E-state index in [0.717, 1.165) is 47.2 Å². The van der Waals surface area contributed by atoms with Gasteiger partial charge in [-0.15, -0.1) is 0 Å². The van der Waals surface area contributed by atoms with Gasteiger partial charge in [-0.05, 0) is 38.0 Å². The van der Waals surface area contributed by atoms with Crippen LogP contribution in [-0.2, 0) is 20.9 Å². The number of rotatable bonds is 6. The maximum atomic E-state index is 13.1. The van der Waals surface area contributed by atoms with Gasteiger partial charge >= 0.3 is 0 Å². The summed E-state index contributed by atoms with van der Waals surface area (Å²) < 4.78 is 7.55. The maximum Gasteiger partial charge on any atom is 0.258 e. The second kappa shape index (κ2) is 8.63. The molecule has 0 bridgehead atoms. The maximum absolute atomic E-state index is 13.1. The molecule has 2 aliphatic rings. The molecule has 1 saturated heterocycles. The average molecular weight is 430 g/mol. The molecule has 0 spiro atoms. The zero-order chi connectivity index (χ0) is 22.1. The van der Waals surface area contributed by atoms with Crippen LogP contribution in [0.25, 0.3) is 22.6 Å². The summed E-state index contributed by atoms with van der Waals surface area (Å²) >= 11 is 0.